The van der Waals surface area contributed by atoms with Crippen molar-refractivity contribution in [2.75, 3.05) is 25.1 Å². The van der Waals surface area contributed by atoms with Crippen LogP contribution in [0, 0.1) is 0 Å². The van der Waals surface area contributed by atoms with Crippen LogP contribution in [0.2, 0.25) is 10.0 Å². The average molecular weight is 640 g/mol. The number of pyridine rings is 2. The van der Waals surface area contributed by atoms with E-state index < -0.39 is 0 Å². The number of amides is 2. The minimum absolute atomic E-state index is 0.158. The molecule has 0 fully saturated rings. The number of aryl methyl sites for hydroxylation is 1. The van der Waals surface area contributed by atoms with Crippen LogP contribution in [0.15, 0.2) is 83.9 Å². The van der Waals surface area contributed by atoms with E-state index in [0.29, 0.717) is 51.7 Å². The van der Waals surface area contributed by atoms with Gasteiger partial charge in [-0.3, -0.25) is 14.6 Å². The van der Waals surface area contributed by atoms with Crippen molar-refractivity contribution >= 4 is 52.6 Å². The smallest absolute Gasteiger partial charge is 0.252 e. The molecule has 12 heteroatoms. The number of nitrogens with two attached hydrogens (primary N) is 1. The van der Waals surface area contributed by atoms with Crippen LogP contribution < -0.4 is 26.6 Å². The first-order valence-electron chi connectivity index (χ1n) is 13.6. The summed E-state index contributed by atoms with van der Waals surface area (Å²) >= 11 is 14.2. The number of halogens is 2. The van der Waals surface area contributed by atoms with E-state index in [9.17, 15) is 9.59 Å². The molecule has 9 nitrogen and oxygen atoms in total. The number of benzene rings is 2. The van der Waals surface area contributed by atoms with Crippen LogP contribution in [-0.4, -0.2) is 41.5 Å². The lowest BCUT2D eigenvalue weighted by molar-refractivity contribution is -0.121. The number of nitrogens with one attached hydrogen (secondary N) is 3. The Kier molecular flexibility index (Phi) is 12.5. The SMILES string of the molecule is NNc1ccc(C(=O)NCCNC(=O)CCc2nc(CSc3c(Cl)cccc3Cl)ccc2OCCc2ccccc2)cn1. The van der Waals surface area contributed by atoms with Gasteiger partial charge in [-0.2, -0.15) is 0 Å². The van der Waals surface area contributed by atoms with Gasteiger partial charge in [-0.25, -0.2) is 10.8 Å². The van der Waals surface area contributed by atoms with Crippen LogP contribution in [0.25, 0.3) is 0 Å². The highest BCUT2D eigenvalue weighted by molar-refractivity contribution is 7.98. The maximum Gasteiger partial charge on any atom is 0.252 e. The minimum Gasteiger partial charge on any atom is -0.491 e. The van der Waals surface area contributed by atoms with Gasteiger partial charge in [-0.05, 0) is 42.0 Å². The Balaban J connectivity index is 1.31. The van der Waals surface area contributed by atoms with Crippen LogP contribution in [0.1, 0.15) is 33.7 Å². The van der Waals surface area contributed by atoms with E-state index in [-0.39, 0.29) is 31.3 Å². The summed E-state index contributed by atoms with van der Waals surface area (Å²) in [6, 6.07) is 22.5. The van der Waals surface area contributed by atoms with Crippen molar-refractivity contribution in [1.29, 1.82) is 0 Å². The van der Waals surface area contributed by atoms with E-state index in [2.05, 4.69) is 33.2 Å². The third-order valence-corrected chi connectivity index (χ3v) is 8.28. The molecule has 43 heavy (non-hydrogen) atoms. The van der Waals surface area contributed by atoms with E-state index in [1.54, 1.807) is 24.3 Å². The first-order valence-corrected chi connectivity index (χ1v) is 15.4. The fourth-order valence-corrected chi connectivity index (χ4v) is 5.62. The highest BCUT2D eigenvalue weighted by Crippen LogP contribution is 2.35. The van der Waals surface area contributed by atoms with E-state index >= 15 is 0 Å². The van der Waals surface area contributed by atoms with Crippen molar-refractivity contribution in [3.05, 3.63) is 112 Å². The van der Waals surface area contributed by atoms with Gasteiger partial charge in [0, 0.05) is 49.2 Å². The molecule has 0 radical (unpaired) electrons. The van der Waals surface area contributed by atoms with Crippen molar-refractivity contribution in [3.8, 4) is 5.75 Å². The molecule has 2 amide bonds. The molecule has 2 aromatic carbocycles. The highest BCUT2D eigenvalue weighted by atomic mass is 35.5. The van der Waals surface area contributed by atoms with E-state index in [1.807, 2.05) is 36.4 Å². The second-order valence-electron chi connectivity index (χ2n) is 9.35. The fraction of sp³-hybridized carbons (Fsp3) is 0.226. The minimum atomic E-state index is -0.292. The van der Waals surface area contributed by atoms with Gasteiger partial charge in [0.05, 0.1) is 33.6 Å². The first-order chi connectivity index (χ1) is 20.9. The van der Waals surface area contributed by atoms with Crippen molar-refractivity contribution in [3.63, 3.8) is 0 Å². The van der Waals surface area contributed by atoms with E-state index in [0.717, 1.165) is 17.0 Å². The van der Waals surface area contributed by atoms with Crippen molar-refractivity contribution in [1.82, 2.24) is 20.6 Å². The zero-order valence-electron chi connectivity index (χ0n) is 23.3. The number of aromatic nitrogens is 2. The molecule has 4 rings (SSSR count). The Morgan fingerprint density at radius 2 is 1.65 bits per heavy atom. The predicted molar refractivity (Wildman–Crippen MR) is 172 cm³/mol. The molecule has 0 bridgehead atoms. The lowest BCUT2D eigenvalue weighted by Gasteiger charge is -2.13. The average Bonchev–Trinajstić information content (AvgIpc) is 3.03. The van der Waals surface area contributed by atoms with Gasteiger partial charge in [0.1, 0.15) is 11.6 Å². The largest absolute Gasteiger partial charge is 0.491 e. The first kappa shape index (κ1) is 32.1. The summed E-state index contributed by atoms with van der Waals surface area (Å²) in [6.45, 7) is 1.03. The molecule has 4 aromatic rings. The predicted octanol–water partition coefficient (Wildman–Crippen LogP) is 5.46. The fourth-order valence-electron chi connectivity index (χ4n) is 4.03. The Labute approximate surface area is 264 Å². The topological polar surface area (TPSA) is 131 Å². The number of carbonyl (C=O) groups is 2. The summed E-state index contributed by atoms with van der Waals surface area (Å²) in [5.41, 5.74) is 5.49. The number of nitrogens with zero attached hydrogens (tertiary/aromatic N) is 2. The molecular weight excluding hydrogens is 607 g/mol. The van der Waals surface area contributed by atoms with Crippen LogP contribution >= 0.6 is 35.0 Å². The summed E-state index contributed by atoms with van der Waals surface area (Å²) in [5.74, 6) is 6.49. The summed E-state index contributed by atoms with van der Waals surface area (Å²) < 4.78 is 6.10. The molecule has 5 N–H and O–H groups in total. The third-order valence-electron chi connectivity index (χ3n) is 6.26. The van der Waals surface area contributed by atoms with Crippen molar-refractivity contribution in [2.45, 2.75) is 29.9 Å². The number of anilines is 1. The maximum atomic E-state index is 12.6. The molecule has 0 spiro atoms. The monoisotopic (exact) mass is 638 g/mol. The van der Waals surface area contributed by atoms with Gasteiger partial charge in [-0.1, -0.05) is 59.6 Å². The summed E-state index contributed by atoms with van der Waals surface area (Å²) in [5, 5.41) is 6.77. The molecule has 0 aliphatic heterocycles. The van der Waals surface area contributed by atoms with Gasteiger partial charge in [0.15, 0.2) is 0 Å². The van der Waals surface area contributed by atoms with Crippen LogP contribution in [0.5, 0.6) is 5.75 Å². The molecule has 0 unspecified atom stereocenters. The Morgan fingerprint density at radius 3 is 2.37 bits per heavy atom. The number of hydrogen-bond acceptors (Lipinski definition) is 8. The highest BCUT2D eigenvalue weighted by Gasteiger charge is 2.13. The molecule has 0 saturated heterocycles. The lowest BCUT2D eigenvalue weighted by atomic mass is 10.1. The summed E-state index contributed by atoms with van der Waals surface area (Å²) in [7, 11) is 0. The van der Waals surface area contributed by atoms with Crippen LogP contribution in [0.4, 0.5) is 5.82 Å². The summed E-state index contributed by atoms with van der Waals surface area (Å²) in [4.78, 5) is 34.5. The Morgan fingerprint density at radius 1 is 0.884 bits per heavy atom. The number of thioether (sulfide) groups is 1. The number of rotatable bonds is 15. The molecule has 2 aromatic heterocycles. The van der Waals surface area contributed by atoms with Crippen LogP contribution in [0.3, 0.4) is 0 Å². The van der Waals surface area contributed by atoms with Crippen LogP contribution in [-0.2, 0) is 23.4 Å². The second-order valence-corrected chi connectivity index (χ2v) is 11.2. The molecule has 0 saturated carbocycles. The van der Waals surface area contributed by atoms with Gasteiger partial charge in [0.2, 0.25) is 5.91 Å². The van der Waals surface area contributed by atoms with Crippen molar-refractivity contribution in [2.24, 2.45) is 5.84 Å². The standard InChI is InChI=1S/C31H32Cl2N6O3S/c32-24-7-4-8-25(33)30(24)43-20-23-10-12-27(42-18-15-21-5-2-1-3-6-21)26(38-23)11-14-29(40)35-16-17-36-31(41)22-9-13-28(39-34)37-19-22/h1-10,12-13,19H,11,14-18,20,34H2,(H,35,40)(H,36,41)(H,37,39). The van der Waals surface area contributed by atoms with E-state index in [4.69, 9.17) is 38.8 Å². The third kappa shape index (κ3) is 10.1. The van der Waals surface area contributed by atoms with E-state index in [1.165, 1.54) is 23.5 Å². The molecule has 0 aliphatic rings. The number of hydrogen-bond donors (Lipinski definition) is 4. The van der Waals surface area contributed by atoms with Crippen molar-refractivity contribution < 1.29 is 14.3 Å². The Bertz CT molecular complexity index is 1490. The maximum absolute atomic E-state index is 12.6. The Hall–Kier alpha value is -3.83. The molecular formula is C31H32Cl2N6O3S. The zero-order chi connectivity index (χ0) is 30.4. The lowest BCUT2D eigenvalue weighted by Crippen LogP contribution is -2.34. The quantitative estimate of drug-likeness (QED) is 0.0584. The number of hydrazine groups is 1. The molecule has 0 aliphatic carbocycles. The number of ether oxygens (including phenoxy) is 1. The zero-order valence-corrected chi connectivity index (χ0v) is 25.6. The van der Waals surface area contributed by atoms with Gasteiger partial charge in [0.25, 0.3) is 5.91 Å². The molecule has 224 valence electrons. The van der Waals surface area contributed by atoms with Gasteiger partial charge in [-0.15, -0.1) is 11.8 Å². The molecule has 2 heterocycles. The number of nitrogen functional groups attached to an aromatic ring is 1. The van der Waals surface area contributed by atoms with Gasteiger partial charge < -0.3 is 20.8 Å². The second kappa shape index (κ2) is 16.7. The molecule has 0 atom stereocenters. The number of carbonyl (C=O) groups excluding carboxylic acids is 2. The van der Waals surface area contributed by atoms with Gasteiger partial charge >= 0.3 is 0 Å². The summed E-state index contributed by atoms with van der Waals surface area (Å²) in [6.07, 6.45) is 2.77. The normalized spacial score (nSPS) is 10.7.